The quantitative estimate of drug-likeness (QED) is 0.675. The van der Waals surface area contributed by atoms with Gasteiger partial charge in [0.25, 0.3) is 5.79 Å². The summed E-state index contributed by atoms with van der Waals surface area (Å²) in [6, 6.07) is 0. The van der Waals surface area contributed by atoms with Crippen LogP contribution in [0.15, 0.2) is 12.5 Å². The Hall–Kier alpha value is -1.19. The number of methoxy groups -OCH3 is 1. The van der Waals surface area contributed by atoms with Crippen LogP contribution >= 0.6 is 0 Å². The van der Waals surface area contributed by atoms with E-state index in [4.69, 9.17) is 14.2 Å². The van der Waals surface area contributed by atoms with Gasteiger partial charge in [-0.15, -0.1) is 0 Å². The SMILES string of the molecule is CCCCC1(C2(C(=O)OC)CC2)OC=CO1. The molecule has 0 saturated heterocycles. The second-order valence-electron chi connectivity index (χ2n) is 4.44. The van der Waals surface area contributed by atoms with Crippen molar-refractivity contribution in [2.45, 2.75) is 44.8 Å². The molecule has 0 aromatic heterocycles. The van der Waals surface area contributed by atoms with E-state index in [1.807, 2.05) is 0 Å². The van der Waals surface area contributed by atoms with Gasteiger partial charge in [-0.25, -0.2) is 0 Å². The van der Waals surface area contributed by atoms with Gasteiger partial charge in [-0.2, -0.15) is 0 Å². The van der Waals surface area contributed by atoms with Crippen LogP contribution in [0.1, 0.15) is 39.0 Å². The van der Waals surface area contributed by atoms with Crippen molar-refractivity contribution in [3.8, 4) is 0 Å². The zero-order valence-electron chi connectivity index (χ0n) is 9.82. The summed E-state index contributed by atoms with van der Waals surface area (Å²) in [4.78, 5) is 11.8. The Kier molecular flexibility index (Phi) is 2.82. The van der Waals surface area contributed by atoms with E-state index in [2.05, 4.69) is 6.92 Å². The molecule has 0 spiro atoms. The van der Waals surface area contributed by atoms with Crippen molar-refractivity contribution >= 4 is 5.97 Å². The molecule has 1 fully saturated rings. The third-order valence-corrected chi connectivity index (χ3v) is 3.49. The third-order valence-electron chi connectivity index (χ3n) is 3.49. The monoisotopic (exact) mass is 226 g/mol. The van der Waals surface area contributed by atoms with Crippen LogP contribution in [0, 0.1) is 5.41 Å². The van der Waals surface area contributed by atoms with Gasteiger partial charge in [0.05, 0.1) is 7.11 Å². The van der Waals surface area contributed by atoms with E-state index < -0.39 is 11.2 Å². The molecule has 1 aliphatic heterocycles. The Balaban J connectivity index is 2.16. The molecule has 2 rings (SSSR count). The second-order valence-corrected chi connectivity index (χ2v) is 4.44. The lowest BCUT2D eigenvalue weighted by molar-refractivity contribution is -0.211. The first kappa shape index (κ1) is 11.3. The highest BCUT2D eigenvalue weighted by atomic mass is 16.7. The maximum Gasteiger partial charge on any atom is 0.319 e. The zero-order valence-corrected chi connectivity index (χ0v) is 9.82. The van der Waals surface area contributed by atoms with E-state index in [9.17, 15) is 4.79 Å². The predicted octanol–water partition coefficient (Wildman–Crippen LogP) is 2.34. The molecule has 2 aliphatic rings. The van der Waals surface area contributed by atoms with Crippen LogP contribution in [-0.4, -0.2) is 18.9 Å². The smallest absolute Gasteiger partial charge is 0.319 e. The maximum atomic E-state index is 11.8. The van der Waals surface area contributed by atoms with Crippen LogP contribution in [0.5, 0.6) is 0 Å². The summed E-state index contributed by atoms with van der Waals surface area (Å²) in [6.07, 6.45) is 7.37. The molecular weight excluding hydrogens is 208 g/mol. The molecule has 4 heteroatoms. The van der Waals surface area contributed by atoms with Gasteiger partial charge in [0.15, 0.2) is 0 Å². The summed E-state index contributed by atoms with van der Waals surface area (Å²) in [7, 11) is 1.41. The van der Waals surface area contributed by atoms with E-state index in [0.29, 0.717) is 0 Å². The number of carbonyl (C=O) groups is 1. The normalized spacial score (nSPS) is 23.4. The highest BCUT2D eigenvalue weighted by molar-refractivity contribution is 5.81. The van der Waals surface area contributed by atoms with Crippen LogP contribution in [-0.2, 0) is 19.0 Å². The predicted molar refractivity (Wildman–Crippen MR) is 57.2 cm³/mol. The van der Waals surface area contributed by atoms with Crippen LogP contribution < -0.4 is 0 Å². The molecule has 0 radical (unpaired) electrons. The number of unbranched alkanes of at least 4 members (excludes halogenated alkanes) is 1. The van der Waals surface area contributed by atoms with Crippen LogP contribution in [0.2, 0.25) is 0 Å². The Labute approximate surface area is 95.6 Å². The lowest BCUT2D eigenvalue weighted by Gasteiger charge is -2.34. The molecule has 0 atom stereocenters. The lowest BCUT2D eigenvalue weighted by Crippen LogP contribution is -2.46. The van der Waals surface area contributed by atoms with Crippen molar-refractivity contribution in [1.82, 2.24) is 0 Å². The van der Waals surface area contributed by atoms with Crippen LogP contribution in [0.4, 0.5) is 0 Å². The number of hydrogen-bond donors (Lipinski definition) is 0. The summed E-state index contributed by atoms with van der Waals surface area (Å²) in [5.74, 6) is -1.02. The maximum absolute atomic E-state index is 11.8. The van der Waals surface area contributed by atoms with Gasteiger partial charge >= 0.3 is 5.97 Å². The van der Waals surface area contributed by atoms with Crippen LogP contribution in [0.25, 0.3) is 0 Å². The minimum Gasteiger partial charge on any atom is -0.468 e. The molecule has 1 heterocycles. The standard InChI is InChI=1S/C12H18O4/c1-3-4-5-12(15-8-9-16-12)11(6-7-11)10(13)14-2/h8-9H,3-7H2,1-2H3. The molecule has 90 valence electrons. The van der Waals surface area contributed by atoms with Crippen molar-refractivity contribution < 1.29 is 19.0 Å². The van der Waals surface area contributed by atoms with Crippen LogP contribution in [0.3, 0.4) is 0 Å². The van der Waals surface area contributed by atoms with Gasteiger partial charge in [-0.3, -0.25) is 4.79 Å². The lowest BCUT2D eigenvalue weighted by atomic mass is 9.90. The Morgan fingerprint density at radius 3 is 2.44 bits per heavy atom. The van der Waals surface area contributed by atoms with Crippen molar-refractivity contribution in [2.24, 2.45) is 5.41 Å². The summed E-state index contributed by atoms with van der Waals surface area (Å²) in [5, 5.41) is 0. The van der Waals surface area contributed by atoms with Gasteiger partial charge in [0.2, 0.25) is 0 Å². The fraction of sp³-hybridized carbons (Fsp3) is 0.750. The molecule has 1 aliphatic carbocycles. The number of hydrogen-bond acceptors (Lipinski definition) is 4. The van der Waals surface area contributed by atoms with Crippen molar-refractivity contribution in [3.63, 3.8) is 0 Å². The van der Waals surface area contributed by atoms with Gasteiger partial charge in [-0.05, 0) is 19.3 Å². The molecule has 0 aromatic carbocycles. The Morgan fingerprint density at radius 2 is 2.00 bits per heavy atom. The van der Waals surface area contributed by atoms with Gasteiger partial charge in [-0.1, -0.05) is 13.3 Å². The van der Waals surface area contributed by atoms with E-state index in [1.54, 1.807) is 0 Å². The summed E-state index contributed by atoms with van der Waals surface area (Å²) in [5.41, 5.74) is -0.583. The second kappa shape index (κ2) is 4.00. The fourth-order valence-electron chi connectivity index (χ4n) is 2.36. The van der Waals surface area contributed by atoms with E-state index in [1.165, 1.54) is 19.6 Å². The summed E-state index contributed by atoms with van der Waals surface area (Å²) >= 11 is 0. The van der Waals surface area contributed by atoms with Gasteiger partial charge < -0.3 is 14.2 Å². The molecular formula is C12H18O4. The highest BCUT2D eigenvalue weighted by Gasteiger charge is 2.69. The van der Waals surface area contributed by atoms with E-state index in [0.717, 1.165) is 32.1 Å². The van der Waals surface area contributed by atoms with Gasteiger partial charge in [0, 0.05) is 6.42 Å². The minimum absolute atomic E-state index is 0.215. The Morgan fingerprint density at radius 1 is 1.38 bits per heavy atom. The molecule has 0 unspecified atom stereocenters. The Bertz CT molecular complexity index is 296. The molecule has 0 N–H and O–H groups in total. The molecule has 1 saturated carbocycles. The first-order valence-corrected chi connectivity index (χ1v) is 5.80. The van der Waals surface area contributed by atoms with Crippen molar-refractivity contribution in [3.05, 3.63) is 12.5 Å². The first-order chi connectivity index (χ1) is 7.71. The number of esters is 1. The average molecular weight is 226 g/mol. The summed E-state index contributed by atoms with van der Waals surface area (Å²) < 4.78 is 16.0. The first-order valence-electron chi connectivity index (χ1n) is 5.80. The van der Waals surface area contributed by atoms with Crippen molar-refractivity contribution in [1.29, 1.82) is 0 Å². The molecule has 0 bridgehead atoms. The third kappa shape index (κ3) is 1.47. The molecule has 0 aromatic rings. The number of ether oxygens (including phenoxy) is 3. The minimum atomic E-state index is -0.809. The largest absolute Gasteiger partial charge is 0.468 e. The van der Waals surface area contributed by atoms with Gasteiger partial charge in [0.1, 0.15) is 17.9 Å². The molecule has 16 heavy (non-hydrogen) atoms. The topological polar surface area (TPSA) is 44.8 Å². The summed E-state index contributed by atoms with van der Waals surface area (Å²) in [6.45, 7) is 2.10. The number of carbonyl (C=O) groups excluding carboxylic acids is 1. The molecule has 4 nitrogen and oxygen atoms in total. The van der Waals surface area contributed by atoms with E-state index >= 15 is 0 Å². The van der Waals surface area contributed by atoms with Crippen molar-refractivity contribution in [2.75, 3.05) is 7.11 Å². The zero-order chi connectivity index (χ0) is 11.6. The molecule has 0 amide bonds. The highest BCUT2D eigenvalue weighted by Crippen LogP contribution is 2.60. The van der Waals surface area contributed by atoms with E-state index in [-0.39, 0.29) is 5.97 Å². The number of rotatable bonds is 5. The fourth-order valence-corrected chi connectivity index (χ4v) is 2.36. The average Bonchev–Trinajstić information content (AvgIpc) is 3.00.